The molecule has 0 atom stereocenters. The summed E-state index contributed by atoms with van der Waals surface area (Å²) in [6, 6.07) is 5.37. The molecule has 8 heteroatoms. The van der Waals surface area contributed by atoms with Crippen LogP contribution >= 0.6 is 23.2 Å². The van der Waals surface area contributed by atoms with E-state index in [1.807, 2.05) is 12.1 Å². The Labute approximate surface area is 142 Å². The van der Waals surface area contributed by atoms with Gasteiger partial charge in [0, 0.05) is 24.7 Å². The van der Waals surface area contributed by atoms with Gasteiger partial charge in [0.1, 0.15) is 6.54 Å². The quantitative estimate of drug-likeness (QED) is 0.860. The lowest BCUT2D eigenvalue weighted by molar-refractivity contribution is -0.121. The lowest BCUT2D eigenvalue weighted by atomic mass is 10.0. The second kappa shape index (κ2) is 6.14. The molecule has 0 saturated heterocycles. The summed E-state index contributed by atoms with van der Waals surface area (Å²) >= 11 is 11.9. The summed E-state index contributed by atoms with van der Waals surface area (Å²) in [5, 5.41) is 2.94. The maximum atomic E-state index is 12.4. The molecule has 0 bridgehead atoms. The number of carbonyl (C=O) groups is 2. The molecule has 2 amide bonds. The van der Waals surface area contributed by atoms with E-state index in [4.69, 9.17) is 23.2 Å². The lowest BCUT2D eigenvalue weighted by Crippen LogP contribution is -2.35. The van der Waals surface area contributed by atoms with Gasteiger partial charge in [0.25, 0.3) is 5.91 Å². The maximum Gasteiger partial charge on any atom is 0.254 e. The van der Waals surface area contributed by atoms with Crippen molar-refractivity contribution in [1.82, 2.24) is 20.2 Å². The molecule has 6 nitrogen and oxygen atoms in total. The van der Waals surface area contributed by atoms with Crippen LogP contribution in [0, 0.1) is 0 Å². The summed E-state index contributed by atoms with van der Waals surface area (Å²) in [6.07, 6.45) is 1.42. The fourth-order valence-corrected chi connectivity index (χ4v) is 2.77. The van der Waals surface area contributed by atoms with Gasteiger partial charge >= 0.3 is 0 Å². The predicted molar refractivity (Wildman–Crippen MR) is 86.3 cm³/mol. The molecule has 0 spiro atoms. The first kappa shape index (κ1) is 15.7. The molecule has 3 rings (SSSR count). The van der Waals surface area contributed by atoms with Crippen LogP contribution in [0.1, 0.15) is 15.9 Å². The van der Waals surface area contributed by atoms with Crippen LogP contribution in [-0.2, 0) is 11.3 Å². The van der Waals surface area contributed by atoms with Crippen LogP contribution in [0.5, 0.6) is 0 Å². The molecule has 0 aliphatic carbocycles. The third-order valence-corrected chi connectivity index (χ3v) is 4.05. The van der Waals surface area contributed by atoms with Crippen LogP contribution in [0.15, 0.2) is 24.4 Å². The van der Waals surface area contributed by atoms with Crippen LogP contribution in [0.4, 0.5) is 0 Å². The standard InChI is InChI=1S/C15H12Cl2N4O2/c1-18-12(22)7-21-6-9-3-2-8(4-10(9)14(21)23)13-11(16)5-19-15(17)20-13/h2-5H,6-7H2,1H3,(H,18,22). The van der Waals surface area contributed by atoms with E-state index in [9.17, 15) is 9.59 Å². The highest BCUT2D eigenvalue weighted by Gasteiger charge is 2.29. The molecule has 0 fully saturated rings. The van der Waals surface area contributed by atoms with Crippen molar-refractivity contribution in [1.29, 1.82) is 0 Å². The number of halogens is 2. The van der Waals surface area contributed by atoms with E-state index < -0.39 is 0 Å². The number of amides is 2. The van der Waals surface area contributed by atoms with E-state index in [0.717, 1.165) is 5.56 Å². The third-order valence-electron chi connectivity index (χ3n) is 3.59. The molecule has 1 aromatic heterocycles. The molecule has 0 radical (unpaired) electrons. The lowest BCUT2D eigenvalue weighted by Gasteiger charge is -2.13. The largest absolute Gasteiger partial charge is 0.358 e. The number of nitrogens with zero attached hydrogens (tertiary/aromatic N) is 3. The van der Waals surface area contributed by atoms with Gasteiger partial charge in [-0.1, -0.05) is 23.7 Å². The van der Waals surface area contributed by atoms with E-state index in [-0.39, 0.29) is 23.6 Å². The van der Waals surface area contributed by atoms with Gasteiger partial charge in [-0.15, -0.1) is 0 Å². The molecule has 0 unspecified atom stereocenters. The Bertz CT molecular complexity index is 810. The van der Waals surface area contributed by atoms with E-state index >= 15 is 0 Å². The van der Waals surface area contributed by atoms with Gasteiger partial charge < -0.3 is 10.2 Å². The van der Waals surface area contributed by atoms with Crippen LogP contribution < -0.4 is 5.32 Å². The van der Waals surface area contributed by atoms with Gasteiger partial charge in [0.15, 0.2) is 0 Å². The van der Waals surface area contributed by atoms with Gasteiger partial charge in [0.05, 0.1) is 16.9 Å². The smallest absolute Gasteiger partial charge is 0.254 e. The first-order valence-corrected chi connectivity index (χ1v) is 7.56. The van der Waals surface area contributed by atoms with Crippen molar-refractivity contribution < 1.29 is 9.59 Å². The monoisotopic (exact) mass is 350 g/mol. The molecule has 0 saturated carbocycles. The zero-order valence-electron chi connectivity index (χ0n) is 12.1. The van der Waals surface area contributed by atoms with Crippen molar-refractivity contribution in [2.45, 2.75) is 6.54 Å². The highest BCUT2D eigenvalue weighted by molar-refractivity contribution is 6.33. The van der Waals surface area contributed by atoms with Crippen LogP contribution in [0.3, 0.4) is 0 Å². The number of likely N-dealkylation sites (N-methyl/N-ethyl adjacent to an activating group) is 1. The highest BCUT2D eigenvalue weighted by atomic mass is 35.5. The fourth-order valence-electron chi connectivity index (χ4n) is 2.44. The van der Waals surface area contributed by atoms with E-state index in [1.54, 1.807) is 6.07 Å². The minimum Gasteiger partial charge on any atom is -0.358 e. The van der Waals surface area contributed by atoms with Crippen molar-refractivity contribution in [2.75, 3.05) is 13.6 Å². The predicted octanol–water partition coefficient (Wildman–Crippen LogP) is 2.15. The highest BCUT2D eigenvalue weighted by Crippen LogP contribution is 2.31. The van der Waals surface area contributed by atoms with Crippen LogP contribution in [0.2, 0.25) is 10.3 Å². The second-order valence-corrected chi connectivity index (χ2v) is 5.79. The zero-order valence-corrected chi connectivity index (χ0v) is 13.6. The second-order valence-electron chi connectivity index (χ2n) is 5.04. The van der Waals surface area contributed by atoms with E-state index in [1.165, 1.54) is 18.1 Å². The van der Waals surface area contributed by atoms with Crippen LogP contribution in [-0.4, -0.2) is 40.3 Å². The zero-order chi connectivity index (χ0) is 16.6. The normalized spacial score (nSPS) is 13.2. The average molecular weight is 351 g/mol. The number of benzene rings is 1. The fraction of sp³-hybridized carbons (Fsp3) is 0.200. The Morgan fingerprint density at radius 1 is 1.39 bits per heavy atom. The Hall–Kier alpha value is -2.18. The summed E-state index contributed by atoms with van der Waals surface area (Å²) < 4.78 is 0. The molecule has 23 heavy (non-hydrogen) atoms. The minimum absolute atomic E-state index is 0.0272. The molecular formula is C15H12Cl2N4O2. The summed E-state index contributed by atoms with van der Waals surface area (Å²) in [7, 11) is 1.54. The van der Waals surface area contributed by atoms with Gasteiger partial charge in [-0.3, -0.25) is 9.59 Å². The topological polar surface area (TPSA) is 75.2 Å². The average Bonchev–Trinajstić information content (AvgIpc) is 2.85. The Balaban J connectivity index is 1.95. The Morgan fingerprint density at radius 3 is 2.91 bits per heavy atom. The Morgan fingerprint density at radius 2 is 2.17 bits per heavy atom. The van der Waals surface area contributed by atoms with Gasteiger partial charge in [-0.25, -0.2) is 9.97 Å². The van der Waals surface area contributed by atoms with E-state index in [2.05, 4.69) is 15.3 Å². The first-order chi connectivity index (χ1) is 11.0. The Kier molecular flexibility index (Phi) is 4.19. The molecule has 1 aliphatic rings. The minimum atomic E-state index is -0.211. The van der Waals surface area contributed by atoms with Crippen molar-refractivity contribution in [2.24, 2.45) is 0 Å². The summed E-state index contributed by atoms with van der Waals surface area (Å²) in [5.41, 5.74) is 2.54. The number of hydrogen-bond donors (Lipinski definition) is 1. The number of rotatable bonds is 3. The molecule has 118 valence electrons. The maximum absolute atomic E-state index is 12.4. The molecule has 1 aliphatic heterocycles. The molecular weight excluding hydrogens is 339 g/mol. The van der Waals surface area contributed by atoms with Crippen molar-refractivity contribution in [3.8, 4) is 11.3 Å². The summed E-state index contributed by atoms with van der Waals surface area (Å²) in [5.74, 6) is -0.404. The number of hydrogen-bond acceptors (Lipinski definition) is 4. The summed E-state index contributed by atoms with van der Waals surface area (Å²) in [4.78, 5) is 33.3. The van der Waals surface area contributed by atoms with Gasteiger partial charge in [-0.2, -0.15) is 0 Å². The number of nitrogens with one attached hydrogen (secondary N) is 1. The third kappa shape index (κ3) is 3.00. The van der Waals surface area contributed by atoms with Crippen molar-refractivity contribution in [3.63, 3.8) is 0 Å². The number of fused-ring (bicyclic) bond motifs is 1. The van der Waals surface area contributed by atoms with Crippen molar-refractivity contribution in [3.05, 3.63) is 45.8 Å². The molecule has 1 aromatic carbocycles. The van der Waals surface area contributed by atoms with E-state index in [0.29, 0.717) is 28.4 Å². The van der Waals surface area contributed by atoms with Gasteiger partial charge in [-0.05, 0) is 23.2 Å². The summed E-state index contributed by atoms with van der Waals surface area (Å²) in [6.45, 7) is 0.430. The van der Waals surface area contributed by atoms with Crippen molar-refractivity contribution >= 4 is 35.0 Å². The first-order valence-electron chi connectivity index (χ1n) is 6.81. The number of carbonyl (C=O) groups excluding carboxylic acids is 2. The molecule has 2 aromatic rings. The molecule has 2 heterocycles. The molecule has 1 N–H and O–H groups in total. The van der Waals surface area contributed by atoms with Gasteiger partial charge in [0.2, 0.25) is 11.2 Å². The number of aromatic nitrogens is 2. The van der Waals surface area contributed by atoms with Crippen LogP contribution in [0.25, 0.3) is 11.3 Å². The SMILES string of the molecule is CNC(=O)CN1Cc2ccc(-c3nc(Cl)ncc3Cl)cc2C1=O.